The number of benzene rings is 1. The molecule has 1 amide bonds. The Balaban J connectivity index is 1.78. The summed E-state index contributed by atoms with van der Waals surface area (Å²) in [6.07, 6.45) is 3.08. The summed E-state index contributed by atoms with van der Waals surface area (Å²) >= 11 is 0. The Bertz CT molecular complexity index is 710. The summed E-state index contributed by atoms with van der Waals surface area (Å²) in [5, 5.41) is 6.68. The van der Waals surface area contributed by atoms with E-state index in [1.807, 2.05) is 31.2 Å². The van der Waals surface area contributed by atoms with Gasteiger partial charge in [0.15, 0.2) is 0 Å². The first kappa shape index (κ1) is 16.2. The number of carbonyl (C=O) groups is 1. The Kier molecular flexibility index (Phi) is 4.90. The Morgan fingerprint density at radius 2 is 2.21 bits per heavy atom. The number of aromatic nitrogens is 3. The summed E-state index contributed by atoms with van der Waals surface area (Å²) in [5.74, 6) is 1.36. The quantitative estimate of drug-likeness (QED) is 0.866. The molecule has 1 aliphatic rings. The molecule has 3 rings (SSSR count). The fourth-order valence-electron chi connectivity index (χ4n) is 2.67. The van der Waals surface area contributed by atoms with E-state index in [1.165, 1.54) is 6.33 Å². The second kappa shape index (κ2) is 7.27. The van der Waals surface area contributed by atoms with E-state index in [0.717, 1.165) is 16.9 Å². The molecule has 1 aromatic carbocycles. The Morgan fingerprint density at radius 3 is 2.88 bits per heavy atom. The molecule has 0 bridgehead atoms. The molecule has 1 unspecified atom stereocenters. The second-order valence-electron chi connectivity index (χ2n) is 5.55. The van der Waals surface area contributed by atoms with Crippen molar-refractivity contribution in [2.24, 2.45) is 0 Å². The molecule has 1 saturated heterocycles. The van der Waals surface area contributed by atoms with Gasteiger partial charge in [-0.1, -0.05) is 12.1 Å². The van der Waals surface area contributed by atoms with Crippen LogP contribution in [0.1, 0.15) is 24.4 Å². The molecule has 1 aromatic heterocycles. The first-order chi connectivity index (χ1) is 11.7. The van der Waals surface area contributed by atoms with Gasteiger partial charge in [0.1, 0.15) is 23.9 Å². The fourth-order valence-corrected chi connectivity index (χ4v) is 2.67. The number of allylic oxidation sites excluding steroid dienone is 1. The van der Waals surface area contributed by atoms with Crippen LogP contribution in [0.15, 0.2) is 36.7 Å². The average molecular weight is 328 g/mol. The van der Waals surface area contributed by atoms with Crippen molar-refractivity contribution in [1.82, 2.24) is 20.1 Å². The molecule has 1 fully saturated rings. The van der Waals surface area contributed by atoms with Crippen LogP contribution in [0.4, 0.5) is 0 Å². The van der Waals surface area contributed by atoms with Crippen molar-refractivity contribution in [2.75, 3.05) is 26.9 Å². The third kappa shape index (κ3) is 3.46. The molecule has 0 radical (unpaired) electrons. The van der Waals surface area contributed by atoms with Gasteiger partial charge < -0.3 is 14.4 Å². The van der Waals surface area contributed by atoms with Crippen molar-refractivity contribution < 1.29 is 14.3 Å². The number of ether oxygens (including phenoxy) is 2. The highest BCUT2D eigenvalue weighted by Gasteiger charge is 2.29. The maximum absolute atomic E-state index is 12.7. The minimum absolute atomic E-state index is 0.0620. The largest absolute Gasteiger partial charge is 0.497 e. The number of methoxy groups -OCH3 is 1. The Labute approximate surface area is 140 Å². The number of nitrogens with zero attached hydrogens (tertiary/aromatic N) is 3. The average Bonchev–Trinajstić information content (AvgIpc) is 3.16. The van der Waals surface area contributed by atoms with Gasteiger partial charge in [-0.15, -0.1) is 0 Å². The third-order valence-electron chi connectivity index (χ3n) is 4.05. The second-order valence-corrected chi connectivity index (χ2v) is 5.55. The summed E-state index contributed by atoms with van der Waals surface area (Å²) in [6, 6.07) is 7.39. The molecule has 7 nitrogen and oxygen atoms in total. The number of rotatable bonds is 4. The number of hydrogen-bond donors (Lipinski definition) is 1. The molecule has 7 heteroatoms. The van der Waals surface area contributed by atoms with Crippen LogP contribution in [-0.2, 0) is 9.53 Å². The summed E-state index contributed by atoms with van der Waals surface area (Å²) in [6.45, 7) is 3.38. The molecule has 24 heavy (non-hydrogen) atoms. The SMILES string of the molecule is COc1ccc(/C(C)=C/C(=O)N2CCOCC2c2ncn[nH]2)cc1. The highest BCUT2D eigenvalue weighted by atomic mass is 16.5. The van der Waals surface area contributed by atoms with E-state index in [0.29, 0.717) is 25.6 Å². The zero-order valence-corrected chi connectivity index (χ0v) is 13.7. The fraction of sp³-hybridized carbons (Fsp3) is 0.353. The van der Waals surface area contributed by atoms with E-state index in [9.17, 15) is 4.79 Å². The monoisotopic (exact) mass is 328 g/mol. The van der Waals surface area contributed by atoms with Crippen molar-refractivity contribution in [3.05, 3.63) is 48.1 Å². The number of amides is 1. The molecule has 1 atom stereocenters. The lowest BCUT2D eigenvalue weighted by Crippen LogP contribution is -2.43. The summed E-state index contributed by atoms with van der Waals surface area (Å²) in [5.41, 5.74) is 1.87. The van der Waals surface area contributed by atoms with Gasteiger partial charge >= 0.3 is 0 Å². The van der Waals surface area contributed by atoms with Gasteiger partial charge in [-0.3, -0.25) is 9.89 Å². The normalized spacial score (nSPS) is 18.5. The number of morpholine rings is 1. The van der Waals surface area contributed by atoms with Gasteiger partial charge in [0, 0.05) is 12.6 Å². The van der Waals surface area contributed by atoms with Gasteiger partial charge in [0.2, 0.25) is 5.91 Å². The minimum atomic E-state index is -0.242. The molecule has 2 heterocycles. The third-order valence-corrected chi connectivity index (χ3v) is 4.05. The highest BCUT2D eigenvalue weighted by molar-refractivity contribution is 5.95. The minimum Gasteiger partial charge on any atom is -0.497 e. The number of carbonyl (C=O) groups excluding carboxylic acids is 1. The van der Waals surface area contributed by atoms with Crippen molar-refractivity contribution in [3.63, 3.8) is 0 Å². The molecule has 2 aromatic rings. The maximum atomic E-state index is 12.7. The van der Waals surface area contributed by atoms with Crippen LogP contribution < -0.4 is 4.74 Å². The summed E-state index contributed by atoms with van der Waals surface area (Å²) < 4.78 is 10.6. The van der Waals surface area contributed by atoms with Crippen LogP contribution in [0.5, 0.6) is 5.75 Å². The van der Waals surface area contributed by atoms with Crippen molar-refractivity contribution in [3.8, 4) is 5.75 Å². The number of H-pyrrole nitrogens is 1. The summed E-state index contributed by atoms with van der Waals surface area (Å²) in [4.78, 5) is 18.6. The lowest BCUT2D eigenvalue weighted by molar-refractivity contribution is -0.135. The smallest absolute Gasteiger partial charge is 0.247 e. The molecule has 0 spiro atoms. The first-order valence-corrected chi connectivity index (χ1v) is 7.75. The van der Waals surface area contributed by atoms with E-state index in [1.54, 1.807) is 18.1 Å². The van der Waals surface area contributed by atoms with E-state index >= 15 is 0 Å². The van der Waals surface area contributed by atoms with Crippen LogP contribution >= 0.6 is 0 Å². The van der Waals surface area contributed by atoms with Crippen molar-refractivity contribution in [1.29, 1.82) is 0 Å². The molecule has 0 aliphatic carbocycles. The Morgan fingerprint density at radius 1 is 1.42 bits per heavy atom. The predicted octanol–water partition coefficient (Wildman–Crippen LogP) is 1.82. The standard InChI is InChI=1S/C17H20N4O3/c1-12(13-3-5-14(23-2)6-4-13)9-16(22)21-7-8-24-10-15(21)17-18-11-19-20-17/h3-6,9,11,15H,7-8,10H2,1-2H3,(H,18,19,20)/b12-9+. The van der Waals surface area contributed by atoms with Crippen LogP contribution in [0.2, 0.25) is 0 Å². The molecule has 126 valence electrons. The number of nitrogens with one attached hydrogen (secondary N) is 1. The molecule has 1 N–H and O–H groups in total. The predicted molar refractivity (Wildman–Crippen MR) is 88.3 cm³/mol. The maximum Gasteiger partial charge on any atom is 0.247 e. The number of aromatic amines is 1. The van der Waals surface area contributed by atoms with Crippen LogP contribution in [0.25, 0.3) is 5.57 Å². The zero-order valence-electron chi connectivity index (χ0n) is 13.7. The molecule has 1 aliphatic heterocycles. The summed E-state index contributed by atoms with van der Waals surface area (Å²) in [7, 11) is 1.63. The Hall–Kier alpha value is -2.67. The first-order valence-electron chi connectivity index (χ1n) is 7.75. The lowest BCUT2D eigenvalue weighted by atomic mass is 10.1. The topological polar surface area (TPSA) is 80.3 Å². The van der Waals surface area contributed by atoms with Gasteiger partial charge in [-0.05, 0) is 30.2 Å². The highest BCUT2D eigenvalue weighted by Crippen LogP contribution is 2.23. The molecular weight excluding hydrogens is 308 g/mol. The number of hydrogen-bond acceptors (Lipinski definition) is 5. The molecule has 0 saturated carbocycles. The van der Waals surface area contributed by atoms with E-state index < -0.39 is 0 Å². The van der Waals surface area contributed by atoms with Gasteiger partial charge in [0.25, 0.3) is 0 Å². The zero-order chi connectivity index (χ0) is 16.9. The van der Waals surface area contributed by atoms with Crippen LogP contribution in [0, 0.1) is 0 Å². The van der Waals surface area contributed by atoms with Crippen LogP contribution in [-0.4, -0.2) is 52.9 Å². The van der Waals surface area contributed by atoms with Gasteiger partial charge in [0.05, 0.1) is 20.3 Å². The van der Waals surface area contributed by atoms with Crippen LogP contribution in [0.3, 0.4) is 0 Å². The van der Waals surface area contributed by atoms with E-state index in [2.05, 4.69) is 15.2 Å². The van der Waals surface area contributed by atoms with Gasteiger partial charge in [-0.25, -0.2) is 4.98 Å². The van der Waals surface area contributed by atoms with Gasteiger partial charge in [-0.2, -0.15) is 5.10 Å². The lowest BCUT2D eigenvalue weighted by Gasteiger charge is -2.33. The van der Waals surface area contributed by atoms with E-state index in [4.69, 9.17) is 9.47 Å². The van der Waals surface area contributed by atoms with Crippen molar-refractivity contribution in [2.45, 2.75) is 13.0 Å². The van der Waals surface area contributed by atoms with Crippen molar-refractivity contribution >= 4 is 11.5 Å². The van der Waals surface area contributed by atoms with E-state index in [-0.39, 0.29) is 11.9 Å². The molecular formula is C17H20N4O3.